The lowest BCUT2D eigenvalue weighted by Gasteiger charge is -2.24. The highest BCUT2D eigenvalue weighted by Gasteiger charge is 2.25. The summed E-state index contributed by atoms with van der Waals surface area (Å²) >= 11 is 0. The highest BCUT2D eigenvalue weighted by Crippen LogP contribution is 2.14. The van der Waals surface area contributed by atoms with Crippen LogP contribution >= 0.6 is 0 Å². The summed E-state index contributed by atoms with van der Waals surface area (Å²) in [7, 11) is 0. The van der Waals surface area contributed by atoms with Crippen LogP contribution < -0.4 is 0 Å². The molecule has 1 aliphatic rings. The Kier molecular flexibility index (Phi) is 4.69. The second-order valence-electron chi connectivity index (χ2n) is 3.52. The van der Waals surface area contributed by atoms with Gasteiger partial charge in [-0.3, -0.25) is 14.5 Å². The van der Waals surface area contributed by atoms with Crippen molar-refractivity contribution in [2.24, 2.45) is 5.16 Å². The smallest absolute Gasteiger partial charge is 0.229 e. The topological polar surface area (TPSA) is 59.0 Å². The average molecular weight is 224 g/mol. The maximum absolute atomic E-state index is 11.5. The number of nitrogens with zero attached hydrogens (tertiary/aromatic N) is 2. The van der Waals surface area contributed by atoms with Crippen molar-refractivity contribution < 1.29 is 14.4 Å². The largest absolute Gasteiger partial charge is 0.362 e. The van der Waals surface area contributed by atoms with Gasteiger partial charge in [-0.05, 0) is 19.4 Å². The van der Waals surface area contributed by atoms with Crippen LogP contribution in [-0.2, 0) is 14.4 Å². The standard InChI is InChI=1S/C11H16N2O3/c1-3-9(16-12-2)7-8-13-10(14)5-4-6-11(13)15/h3H,2,4-8H2,1H3. The Bertz CT molecular complexity index is 307. The van der Waals surface area contributed by atoms with E-state index in [0.29, 0.717) is 38.0 Å². The predicted molar refractivity (Wildman–Crippen MR) is 59.6 cm³/mol. The van der Waals surface area contributed by atoms with Crippen molar-refractivity contribution in [3.05, 3.63) is 11.8 Å². The second kappa shape index (κ2) is 6.05. The van der Waals surface area contributed by atoms with Crippen molar-refractivity contribution in [2.75, 3.05) is 6.54 Å². The SMILES string of the molecule is C=NOC(=CC)CCN1C(=O)CCCC1=O. The third kappa shape index (κ3) is 3.18. The summed E-state index contributed by atoms with van der Waals surface area (Å²) in [6.07, 6.45) is 3.80. The van der Waals surface area contributed by atoms with Crippen LogP contribution in [0.5, 0.6) is 0 Å². The van der Waals surface area contributed by atoms with Gasteiger partial charge in [-0.2, -0.15) is 0 Å². The van der Waals surface area contributed by atoms with E-state index in [0.717, 1.165) is 0 Å². The molecule has 16 heavy (non-hydrogen) atoms. The van der Waals surface area contributed by atoms with Gasteiger partial charge in [0.05, 0.1) is 0 Å². The van der Waals surface area contributed by atoms with Gasteiger partial charge in [0.25, 0.3) is 0 Å². The molecule has 0 saturated carbocycles. The van der Waals surface area contributed by atoms with Gasteiger partial charge in [0.2, 0.25) is 11.8 Å². The third-order valence-corrected chi connectivity index (χ3v) is 2.47. The fourth-order valence-corrected chi connectivity index (χ4v) is 1.60. The molecule has 0 aromatic heterocycles. The Balaban J connectivity index is 2.49. The summed E-state index contributed by atoms with van der Waals surface area (Å²) in [6.45, 7) is 5.37. The Labute approximate surface area is 94.7 Å². The van der Waals surface area contributed by atoms with E-state index in [-0.39, 0.29) is 11.8 Å². The Morgan fingerprint density at radius 1 is 1.50 bits per heavy atom. The first kappa shape index (κ1) is 12.4. The van der Waals surface area contributed by atoms with Gasteiger partial charge < -0.3 is 4.84 Å². The molecule has 1 saturated heterocycles. The molecule has 0 aromatic carbocycles. The first-order valence-electron chi connectivity index (χ1n) is 5.30. The molecule has 1 heterocycles. The number of amides is 2. The van der Waals surface area contributed by atoms with E-state index in [1.807, 2.05) is 0 Å². The highest BCUT2D eigenvalue weighted by molar-refractivity contribution is 5.97. The summed E-state index contributed by atoms with van der Waals surface area (Å²) in [5.74, 6) is 0.415. The van der Waals surface area contributed by atoms with Crippen LogP contribution in [0.2, 0.25) is 0 Å². The molecule has 0 spiro atoms. The molecule has 1 rings (SSSR count). The van der Waals surface area contributed by atoms with Crippen molar-refractivity contribution in [1.82, 2.24) is 4.90 Å². The van der Waals surface area contributed by atoms with E-state index in [9.17, 15) is 9.59 Å². The lowest BCUT2D eigenvalue weighted by Crippen LogP contribution is -2.40. The molecular weight excluding hydrogens is 208 g/mol. The van der Waals surface area contributed by atoms with E-state index in [2.05, 4.69) is 11.9 Å². The summed E-state index contributed by atoms with van der Waals surface area (Å²) in [5, 5.41) is 3.30. The van der Waals surface area contributed by atoms with Crippen LogP contribution in [0.15, 0.2) is 17.0 Å². The third-order valence-electron chi connectivity index (χ3n) is 2.47. The summed E-state index contributed by atoms with van der Waals surface area (Å²) in [4.78, 5) is 29.1. The number of piperidine rings is 1. The molecule has 0 aromatic rings. The van der Waals surface area contributed by atoms with Crippen LogP contribution in [0.1, 0.15) is 32.6 Å². The van der Waals surface area contributed by atoms with Crippen molar-refractivity contribution in [3.8, 4) is 0 Å². The van der Waals surface area contributed by atoms with Gasteiger partial charge in [0, 0.05) is 32.5 Å². The predicted octanol–water partition coefficient (Wildman–Crippen LogP) is 1.45. The molecule has 5 heteroatoms. The minimum absolute atomic E-state index is 0.0988. The van der Waals surface area contributed by atoms with Gasteiger partial charge in [0.1, 0.15) is 5.76 Å². The first-order chi connectivity index (χ1) is 7.69. The highest BCUT2D eigenvalue weighted by atomic mass is 16.6. The fourth-order valence-electron chi connectivity index (χ4n) is 1.60. The number of likely N-dealkylation sites (tertiary alicyclic amines) is 1. The molecule has 0 bridgehead atoms. The quantitative estimate of drug-likeness (QED) is 0.307. The average Bonchev–Trinajstić information content (AvgIpc) is 2.27. The Morgan fingerprint density at radius 3 is 2.62 bits per heavy atom. The van der Waals surface area contributed by atoms with Gasteiger partial charge >= 0.3 is 0 Å². The molecular formula is C11H16N2O3. The molecule has 0 aliphatic carbocycles. The fraction of sp³-hybridized carbons (Fsp3) is 0.545. The number of oxime groups is 1. The normalized spacial score (nSPS) is 17.6. The summed E-state index contributed by atoms with van der Waals surface area (Å²) < 4.78 is 0. The maximum atomic E-state index is 11.5. The Hall–Kier alpha value is -1.65. The zero-order chi connectivity index (χ0) is 12.0. The van der Waals surface area contributed by atoms with E-state index >= 15 is 0 Å². The lowest BCUT2D eigenvalue weighted by atomic mass is 10.1. The van der Waals surface area contributed by atoms with Gasteiger partial charge in [-0.15, -0.1) is 0 Å². The maximum Gasteiger partial charge on any atom is 0.229 e. The molecule has 2 amide bonds. The zero-order valence-electron chi connectivity index (χ0n) is 9.44. The van der Waals surface area contributed by atoms with E-state index in [1.54, 1.807) is 13.0 Å². The van der Waals surface area contributed by atoms with Crippen LogP contribution in [0.3, 0.4) is 0 Å². The molecule has 0 atom stereocenters. The Morgan fingerprint density at radius 2 is 2.12 bits per heavy atom. The summed E-state index contributed by atoms with van der Waals surface area (Å²) in [6, 6.07) is 0. The molecule has 88 valence electrons. The number of imide groups is 1. The van der Waals surface area contributed by atoms with E-state index < -0.39 is 0 Å². The van der Waals surface area contributed by atoms with Crippen molar-refractivity contribution >= 4 is 18.5 Å². The van der Waals surface area contributed by atoms with Crippen LogP contribution in [0.4, 0.5) is 0 Å². The molecule has 0 unspecified atom stereocenters. The van der Waals surface area contributed by atoms with E-state index in [4.69, 9.17) is 4.84 Å². The van der Waals surface area contributed by atoms with Gasteiger partial charge in [-0.1, -0.05) is 5.16 Å². The molecule has 1 aliphatic heterocycles. The minimum Gasteiger partial charge on any atom is -0.362 e. The number of carbonyl (C=O) groups excluding carboxylic acids is 2. The van der Waals surface area contributed by atoms with E-state index in [1.165, 1.54) is 4.90 Å². The monoisotopic (exact) mass is 224 g/mol. The van der Waals surface area contributed by atoms with Crippen molar-refractivity contribution in [2.45, 2.75) is 32.6 Å². The van der Waals surface area contributed by atoms with Gasteiger partial charge in [-0.25, -0.2) is 0 Å². The molecule has 5 nitrogen and oxygen atoms in total. The van der Waals surface area contributed by atoms with Crippen molar-refractivity contribution in [3.63, 3.8) is 0 Å². The number of carbonyl (C=O) groups is 2. The zero-order valence-corrected chi connectivity index (χ0v) is 9.44. The molecule has 1 fully saturated rings. The molecule has 0 N–H and O–H groups in total. The lowest BCUT2D eigenvalue weighted by molar-refractivity contribution is -0.147. The number of hydrogen-bond acceptors (Lipinski definition) is 4. The van der Waals surface area contributed by atoms with Crippen LogP contribution in [0.25, 0.3) is 0 Å². The van der Waals surface area contributed by atoms with Gasteiger partial charge in [0.15, 0.2) is 0 Å². The number of rotatable bonds is 5. The van der Waals surface area contributed by atoms with Crippen LogP contribution in [-0.4, -0.2) is 30.0 Å². The molecule has 0 radical (unpaired) electrons. The first-order valence-corrected chi connectivity index (χ1v) is 5.30. The second-order valence-corrected chi connectivity index (χ2v) is 3.52. The number of hydrogen-bond donors (Lipinski definition) is 0. The van der Waals surface area contributed by atoms with Crippen LogP contribution in [0, 0.1) is 0 Å². The number of allylic oxidation sites excluding steroid dienone is 1. The minimum atomic E-state index is -0.0988. The van der Waals surface area contributed by atoms with Crippen molar-refractivity contribution in [1.29, 1.82) is 0 Å². The summed E-state index contributed by atoms with van der Waals surface area (Å²) in [5.41, 5.74) is 0.